The second-order valence-electron chi connectivity index (χ2n) is 10.5. The van der Waals surface area contributed by atoms with E-state index in [0.29, 0.717) is 50.3 Å². The minimum atomic E-state index is -0.868. The molecule has 10 nitrogen and oxygen atoms in total. The van der Waals surface area contributed by atoms with Gasteiger partial charge in [-0.25, -0.2) is 14.6 Å². The fourth-order valence-corrected chi connectivity index (χ4v) is 8.47. The highest BCUT2D eigenvalue weighted by atomic mass is 127. The molecule has 0 saturated carbocycles. The summed E-state index contributed by atoms with van der Waals surface area (Å²) in [6.45, 7) is 5.71. The zero-order valence-corrected chi connectivity index (χ0v) is 32.8. The van der Waals surface area contributed by atoms with Crippen LogP contribution in [-0.2, 0) is 25.7 Å². The fraction of sp³-hybridized carbons (Fsp3) is 0.257. The molecule has 1 aliphatic rings. The molecule has 1 aromatic heterocycles. The largest absolute Gasteiger partial charge is 0.490 e. The monoisotopic (exact) mass is 928 g/mol. The molecule has 1 atom stereocenters. The highest BCUT2D eigenvalue weighted by Gasteiger charge is 2.34. The molecule has 0 radical (unpaired) electrons. The van der Waals surface area contributed by atoms with Crippen LogP contribution in [0.25, 0.3) is 6.08 Å². The third-order valence-electron chi connectivity index (χ3n) is 7.32. The molecule has 0 fully saturated rings. The van der Waals surface area contributed by atoms with Gasteiger partial charge in [0.15, 0.2) is 22.9 Å². The van der Waals surface area contributed by atoms with Crippen LogP contribution in [0.5, 0.6) is 17.2 Å². The number of fused-ring (bicyclic) bond motifs is 1. The van der Waals surface area contributed by atoms with Crippen molar-refractivity contribution in [2.24, 2.45) is 4.99 Å². The Morgan fingerprint density at radius 3 is 2.41 bits per heavy atom. The van der Waals surface area contributed by atoms with Crippen molar-refractivity contribution in [3.8, 4) is 17.2 Å². The maximum absolute atomic E-state index is 14.2. The molecule has 14 heteroatoms. The van der Waals surface area contributed by atoms with E-state index in [1.54, 1.807) is 32.0 Å². The van der Waals surface area contributed by atoms with E-state index in [4.69, 9.17) is 30.5 Å². The molecule has 0 unspecified atom stereocenters. The van der Waals surface area contributed by atoms with E-state index < -0.39 is 18.0 Å². The van der Waals surface area contributed by atoms with Crippen molar-refractivity contribution in [1.82, 2.24) is 4.57 Å². The van der Waals surface area contributed by atoms with Crippen molar-refractivity contribution in [3.63, 3.8) is 0 Å². The number of nitrogens with zero attached hydrogens (tertiary/aromatic N) is 2. The van der Waals surface area contributed by atoms with E-state index >= 15 is 0 Å². The number of halogens is 3. The number of hydrogen-bond donors (Lipinski definition) is 0. The highest BCUT2D eigenvalue weighted by Crippen LogP contribution is 2.37. The number of aromatic nitrogens is 1. The third-order valence-corrected chi connectivity index (χ3v) is 10.3. The van der Waals surface area contributed by atoms with E-state index in [-0.39, 0.29) is 24.3 Å². The lowest BCUT2D eigenvalue weighted by Gasteiger charge is -2.25. The van der Waals surface area contributed by atoms with Gasteiger partial charge in [-0.15, -0.1) is 0 Å². The molecule has 4 aromatic rings. The summed E-state index contributed by atoms with van der Waals surface area (Å²) in [5.74, 6) is 0.239. The molecule has 1 aliphatic heterocycles. The van der Waals surface area contributed by atoms with E-state index in [2.05, 4.69) is 54.9 Å². The molecular weight excluding hydrogens is 898 g/mol. The summed E-state index contributed by atoms with van der Waals surface area (Å²) >= 11 is 12.0. The van der Waals surface area contributed by atoms with Gasteiger partial charge in [0.2, 0.25) is 0 Å². The van der Waals surface area contributed by atoms with E-state index in [1.807, 2.05) is 49.4 Å². The Labute approximate surface area is 318 Å². The molecule has 0 spiro atoms. The molecular formula is C35H31ClI2N2O8S. The lowest BCUT2D eigenvalue weighted by atomic mass is 9.95. The maximum atomic E-state index is 14.2. The average molecular weight is 929 g/mol. The molecule has 2 heterocycles. The van der Waals surface area contributed by atoms with Gasteiger partial charge >= 0.3 is 11.9 Å². The van der Waals surface area contributed by atoms with Crippen LogP contribution < -0.4 is 29.1 Å². The molecule has 0 N–H and O–H groups in total. The number of methoxy groups -OCH3 is 1. The summed E-state index contributed by atoms with van der Waals surface area (Å²) in [6, 6.07) is 15.6. The molecule has 0 amide bonds. The van der Waals surface area contributed by atoms with E-state index in [1.165, 1.54) is 23.0 Å². The summed E-state index contributed by atoms with van der Waals surface area (Å²) in [5, 5.41) is 0.635. The first-order chi connectivity index (χ1) is 23.6. The normalized spacial score (nSPS) is 14.2. The second-order valence-corrected chi connectivity index (χ2v) is 14.2. The number of rotatable bonds is 12. The Hall–Kier alpha value is -3.41. The Bertz CT molecular complexity index is 2110. The van der Waals surface area contributed by atoms with Crippen molar-refractivity contribution >= 4 is 86.1 Å². The minimum Gasteiger partial charge on any atom is -0.490 e. The number of carbonyl (C=O) groups excluding carboxylic acids is 2. The van der Waals surface area contributed by atoms with Gasteiger partial charge in [0.1, 0.15) is 12.4 Å². The van der Waals surface area contributed by atoms with Crippen LogP contribution in [-0.4, -0.2) is 43.4 Å². The molecule has 0 saturated heterocycles. The predicted octanol–water partition coefficient (Wildman–Crippen LogP) is 6.19. The van der Waals surface area contributed by atoms with Gasteiger partial charge in [0.25, 0.3) is 5.56 Å². The van der Waals surface area contributed by atoms with Crippen molar-refractivity contribution in [2.75, 3.05) is 26.9 Å². The molecule has 5 rings (SSSR count). The van der Waals surface area contributed by atoms with Crippen LogP contribution in [0.2, 0.25) is 5.02 Å². The molecule has 0 bridgehead atoms. The Morgan fingerprint density at radius 2 is 1.73 bits per heavy atom. The summed E-state index contributed by atoms with van der Waals surface area (Å²) in [4.78, 5) is 44.4. The van der Waals surface area contributed by atoms with Crippen molar-refractivity contribution in [1.29, 1.82) is 0 Å². The van der Waals surface area contributed by atoms with Crippen molar-refractivity contribution in [2.45, 2.75) is 33.4 Å². The van der Waals surface area contributed by atoms with Crippen LogP contribution in [0.1, 0.15) is 43.5 Å². The summed E-state index contributed by atoms with van der Waals surface area (Å²) in [5.41, 5.74) is 2.59. The quantitative estimate of drug-likeness (QED) is 0.122. The van der Waals surface area contributed by atoms with Crippen molar-refractivity contribution < 1.29 is 33.3 Å². The SMILES string of the molecule is CCOC(=O)C1=C(C)N=c2s/c(=C\c3cc(I)c(OCc4ccccc4Cl)c(I)c3)c(=O)n2[C@@H]1c1ccc(OCC(=O)OC)c(OCC)c1. The molecule has 3 aromatic carbocycles. The number of esters is 2. The topological polar surface area (TPSA) is 115 Å². The Kier molecular flexibility index (Phi) is 12.4. The lowest BCUT2D eigenvalue weighted by molar-refractivity contribution is -0.143. The standard InChI is InChI=1S/C35H31ClI2N2O8S/c1-5-45-27-16-21(11-12-26(27)47-18-29(41)44-4)31-30(34(43)46-6-2)19(3)39-35-40(31)33(42)28(49-35)15-20-13-24(37)32(25(38)14-20)48-17-22-9-7-8-10-23(22)36/h7-16,31H,5-6,17-18H2,1-4H3/b28-15-/t31-/m1/s1. The van der Waals surface area contributed by atoms with Gasteiger partial charge < -0.3 is 23.7 Å². The number of allylic oxidation sites excluding steroid dienone is 1. The van der Waals surface area contributed by atoms with Gasteiger partial charge in [-0.1, -0.05) is 47.2 Å². The van der Waals surface area contributed by atoms with Crippen LogP contribution in [0.4, 0.5) is 0 Å². The zero-order chi connectivity index (χ0) is 35.2. The summed E-state index contributed by atoms with van der Waals surface area (Å²) in [7, 11) is 1.27. The van der Waals surface area contributed by atoms with Crippen LogP contribution >= 0.6 is 68.1 Å². The van der Waals surface area contributed by atoms with Crippen LogP contribution in [0.15, 0.2) is 75.7 Å². The average Bonchev–Trinajstić information content (AvgIpc) is 3.37. The second kappa shape index (κ2) is 16.5. The molecule has 256 valence electrons. The van der Waals surface area contributed by atoms with Gasteiger partial charge in [0.05, 0.1) is 49.3 Å². The van der Waals surface area contributed by atoms with Crippen LogP contribution in [0.3, 0.4) is 0 Å². The van der Waals surface area contributed by atoms with Crippen LogP contribution in [0, 0.1) is 7.14 Å². The number of benzene rings is 3. The lowest BCUT2D eigenvalue weighted by Crippen LogP contribution is -2.40. The number of thiazole rings is 1. The first kappa shape index (κ1) is 36.9. The minimum absolute atomic E-state index is 0.145. The van der Waals surface area contributed by atoms with E-state index in [0.717, 1.165) is 24.0 Å². The maximum Gasteiger partial charge on any atom is 0.343 e. The van der Waals surface area contributed by atoms with Gasteiger partial charge in [0, 0.05) is 10.6 Å². The smallest absolute Gasteiger partial charge is 0.343 e. The van der Waals surface area contributed by atoms with Gasteiger partial charge in [-0.3, -0.25) is 9.36 Å². The molecule has 49 heavy (non-hydrogen) atoms. The van der Waals surface area contributed by atoms with Gasteiger partial charge in [-0.05, 0) is 113 Å². The summed E-state index contributed by atoms with van der Waals surface area (Å²) in [6.07, 6.45) is 1.81. The Balaban J connectivity index is 1.57. The first-order valence-corrected chi connectivity index (χ1v) is 18.4. The fourth-order valence-electron chi connectivity index (χ4n) is 5.10. The Morgan fingerprint density at radius 1 is 1.00 bits per heavy atom. The zero-order valence-electron chi connectivity index (χ0n) is 26.9. The number of ether oxygens (including phenoxy) is 5. The van der Waals surface area contributed by atoms with Crippen molar-refractivity contribution in [3.05, 3.63) is 114 Å². The summed E-state index contributed by atoms with van der Waals surface area (Å²) < 4.78 is 31.4. The third kappa shape index (κ3) is 8.32. The molecule has 0 aliphatic carbocycles. The first-order valence-electron chi connectivity index (χ1n) is 15.1. The number of carbonyl (C=O) groups is 2. The highest BCUT2D eigenvalue weighted by molar-refractivity contribution is 14.1. The van der Waals surface area contributed by atoms with Gasteiger partial charge in [-0.2, -0.15) is 0 Å². The predicted molar refractivity (Wildman–Crippen MR) is 203 cm³/mol. The number of hydrogen-bond acceptors (Lipinski definition) is 10. The van der Waals surface area contributed by atoms with E-state index in [9.17, 15) is 14.4 Å².